The highest BCUT2D eigenvalue weighted by molar-refractivity contribution is 8.00. The smallest absolute Gasteiger partial charge is 0.288 e. The molecule has 126 valence electrons. The zero-order chi connectivity index (χ0) is 18.0. The molecule has 0 aliphatic carbocycles. The van der Waals surface area contributed by atoms with Gasteiger partial charge in [0.1, 0.15) is 10.0 Å². The van der Waals surface area contributed by atoms with E-state index in [1.165, 1.54) is 30.0 Å². The Morgan fingerprint density at radius 2 is 1.88 bits per heavy atom. The summed E-state index contributed by atoms with van der Waals surface area (Å²) in [7, 11) is 0. The van der Waals surface area contributed by atoms with Crippen molar-refractivity contribution in [3.8, 4) is 0 Å². The van der Waals surface area contributed by atoms with Gasteiger partial charge in [-0.1, -0.05) is 35.5 Å². The van der Waals surface area contributed by atoms with Crippen LogP contribution in [0, 0.1) is 17.0 Å². The Bertz CT molecular complexity index is 994. The molecule has 0 saturated carbocycles. The zero-order valence-electron chi connectivity index (χ0n) is 13.1. The molecule has 0 saturated heterocycles. The molecule has 2 aromatic carbocycles. The number of halogens is 1. The molecule has 6 nitrogen and oxygen atoms in total. The summed E-state index contributed by atoms with van der Waals surface area (Å²) in [4.78, 5) is 31.7. The molecule has 0 atom stereocenters. The number of hydrogen-bond acceptors (Lipinski definition) is 6. The van der Waals surface area contributed by atoms with Gasteiger partial charge in [0.05, 0.1) is 27.4 Å². The first-order valence-corrected chi connectivity index (χ1v) is 8.65. The summed E-state index contributed by atoms with van der Waals surface area (Å²) < 4.78 is 0. The fourth-order valence-corrected chi connectivity index (χ4v) is 3.29. The summed E-state index contributed by atoms with van der Waals surface area (Å²) in [5.74, 6) is -0.133. The minimum absolute atomic E-state index is 0.00504. The van der Waals surface area contributed by atoms with E-state index in [0.29, 0.717) is 5.03 Å². The Balaban J connectivity index is 1.80. The number of nitrogens with zero attached hydrogens (tertiary/aromatic N) is 3. The Kier molecular flexibility index (Phi) is 4.96. The van der Waals surface area contributed by atoms with Gasteiger partial charge in [-0.25, -0.2) is 9.97 Å². The summed E-state index contributed by atoms with van der Waals surface area (Å²) in [6.07, 6.45) is 0. The zero-order valence-corrected chi connectivity index (χ0v) is 14.7. The average molecular weight is 374 g/mol. The molecule has 0 unspecified atom stereocenters. The van der Waals surface area contributed by atoms with Crippen LogP contribution in [0.3, 0.4) is 0 Å². The molecule has 3 rings (SSSR count). The van der Waals surface area contributed by atoms with Gasteiger partial charge in [0, 0.05) is 11.6 Å². The van der Waals surface area contributed by atoms with Crippen LogP contribution < -0.4 is 0 Å². The van der Waals surface area contributed by atoms with E-state index in [0.717, 1.165) is 16.7 Å². The van der Waals surface area contributed by atoms with Crippen molar-refractivity contribution < 1.29 is 9.72 Å². The lowest BCUT2D eigenvalue weighted by atomic mass is 10.1. The Hall–Kier alpha value is -2.51. The molecule has 0 spiro atoms. The average Bonchev–Trinajstić information content (AvgIpc) is 2.59. The van der Waals surface area contributed by atoms with Crippen molar-refractivity contribution in [2.24, 2.45) is 0 Å². The third kappa shape index (κ3) is 3.78. The predicted octanol–water partition coefficient (Wildman–Crippen LogP) is 4.47. The third-order valence-corrected chi connectivity index (χ3v) is 4.89. The number of rotatable bonds is 5. The van der Waals surface area contributed by atoms with E-state index in [-0.39, 0.29) is 27.8 Å². The number of aromatic nitrogens is 2. The van der Waals surface area contributed by atoms with E-state index in [2.05, 4.69) is 9.97 Å². The highest BCUT2D eigenvalue weighted by Gasteiger charge is 2.17. The molecule has 1 heterocycles. The van der Waals surface area contributed by atoms with Gasteiger partial charge in [-0.15, -0.1) is 0 Å². The number of ketones is 1. The fourth-order valence-electron chi connectivity index (χ4n) is 2.25. The van der Waals surface area contributed by atoms with Crippen LogP contribution in [0.5, 0.6) is 0 Å². The van der Waals surface area contributed by atoms with Crippen LogP contribution in [-0.4, -0.2) is 26.4 Å². The Morgan fingerprint density at radius 1 is 1.20 bits per heavy atom. The van der Waals surface area contributed by atoms with Gasteiger partial charge in [0.2, 0.25) is 0 Å². The van der Waals surface area contributed by atoms with Crippen LogP contribution in [0.1, 0.15) is 16.1 Å². The minimum Gasteiger partial charge on any atom is -0.293 e. The Morgan fingerprint density at radius 3 is 2.56 bits per heavy atom. The summed E-state index contributed by atoms with van der Waals surface area (Å²) in [5.41, 5.74) is 2.25. The van der Waals surface area contributed by atoms with Crippen LogP contribution in [-0.2, 0) is 0 Å². The van der Waals surface area contributed by atoms with Crippen LogP contribution in [0.2, 0.25) is 5.02 Å². The van der Waals surface area contributed by atoms with E-state index in [9.17, 15) is 14.9 Å². The van der Waals surface area contributed by atoms with Crippen molar-refractivity contribution in [3.05, 3.63) is 68.9 Å². The molecular formula is C17H12ClN3O3S. The lowest BCUT2D eigenvalue weighted by molar-refractivity contribution is -0.384. The first kappa shape index (κ1) is 17.3. The quantitative estimate of drug-likeness (QED) is 0.284. The molecule has 8 heteroatoms. The van der Waals surface area contributed by atoms with Gasteiger partial charge in [0.15, 0.2) is 5.78 Å². The van der Waals surface area contributed by atoms with Crippen molar-refractivity contribution in [2.45, 2.75) is 11.9 Å². The summed E-state index contributed by atoms with van der Waals surface area (Å²) in [6, 6.07) is 11.5. The van der Waals surface area contributed by atoms with Gasteiger partial charge in [-0.05, 0) is 31.2 Å². The van der Waals surface area contributed by atoms with E-state index >= 15 is 0 Å². The number of carbonyl (C=O) groups excluding carboxylic acids is 1. The Labute approximate surface area is 152 Å². The molecule has 0 radical (unpaired) electrons. The number of hydrogen-bond donors (Lipinski definition) is 0. The molecule has 3 aromatic rings. The second kappa shape index (κ2) is 7.16. The van der Waals surface area contributed by atoms with Crippen molar-refractivity contribution in [1.29, 1.82) is 0 Å². The molecule has 0 aliphatic heterocycles. The monoisotopic (exact) mass is 373 g/mol. The minimum atomic E-state index is -0.606. The lowest BCUT2D eigenvalue weighted by Gasteiger charge is -2.06. The molecular weight excluding hydrogens is 362 g/mol. The molecule has 25 heavy (non-hydrogen) atoms. The number of nitro benzene ring substituents is 1. The van der Waals surface area contributed by atoms with E-state index in [1.807, 2.05) is 31.2 Å². The van der Waals surface area contributed by atoms with Crippen molar-refractivity contribution in [1.82, 2.24) is 9.97 Å². The van der Waals surface area contributed by atoms with E-state index in [4.69, 9.17) is 11.6 Å². The second-order valence-electron chi connectivity index (χ2n) is 5.24. The van der Waals surface area contributed by atoms with Crippen LogP contribution in [0.25, 0.3) is 11.0 Å². The van der Waals surface area contributed by atoms with E-state index < -0.39 is 4.92 Å². The first-order chi connectivity index (χ1) is 12.0. The normalized spacial score (nSPS) is 10.8. The number of benzene rings is 2. The maximum atomic E-state index is 12.3. The van der Waals surface area contributed by atoms with Crippen molar-refractivity contribution in [3.63, 3.8) is 0 Å². The van der Waals surface area contributed by atoms with Crippen molar-refractivity contribution >= 4 is 45.9 Å². The molecule has 0 aliphatic rings. The van der Waals surface area contributed by atoms with Crippen LogP contribution in [0.4, 0.5) is 5.69 Å². The summed E-state index contributed by atoms with van der Waals surface area (Å²) in [5, 5.41) is 11.6. The number of Topliss-reactive ketones (excluding diaryl/α,β-unsaturated/α-hetero) is 1. The van der Waals surface area contributed by atoms with Crippen molar-refractivity contribution in [2.75, 3.05) is 5.75 Å². The maximum Gasteiger partial charge on any atom is 0.288 e. The number of thioether (sulfide) groups is 1. The number of aryl methyl sites for hydroxylation is 1. The standard InChI is InChI=1S/C17H12ClN3O3S/c1-10-17(20-14-5-3-2-4-13(14)19-10)25-9-16(22)11-6-7-12(18)15(8-11)21(23)24/h2-8H,9H2,1H3. The number of carbonyl (C=O) groups is 1. The second-order valence-corrected chi connectivity index (χ2v) is 6.61. The summed E-state index contributed by atoms with van der Waals surface area (Å²) in [6.45, 7) is 1.83. The number of para-hydroxylation sites is 2. The van der Waals surface area contributed by atoms with Gasteiger partial charge in [-0.3, -0.25) is 14.9 Å². The molecule has 0 N–H and O–H groups in total. The highest BCUT2D eigenvalue weighted by Crippen LogP contribution is 2.27. The molecule has 0 fully saturated rings. The lowest BCUT2D eigenvalue weighted by Crippen LogP contribution is -2.04. The maximum absolute atomic E-state index is 12.3. The number of nitro groups is 1. The topological polar surface area (TPSA) is 86.0 Å². The molecule has 1 aromatic heterocycles. The predicted molar refractivity (Wildman–Crippen MR) is 97.4 cm³/mol. The van der Waals surface area contributed by atoms with Gasteiger partial charge < -0.3 is 0 Å². The largest absolute Gasteiger partial charge is 0.293 e. The fraction of sp³-hybridized carbons (Fsp3) is 0.118. The first-order valence-electron chi connectivity index (χ1n) is 7.29. The van der Waals surface area contributed by atoms with Crippen LogP contribution in [0.15, 0.2) is 47.5 Å². The van der Waals surface area contributed by atoms with E-state index in [1.54, 1.807) is 0 Å². The molecule has 0 bridgehead atoms. The SMILES string of the molecule is Cc1nc2ccccc2nc1SCC(=O)c1ccc(Cl)c([N+](=O)[O-])c1. The highest BCUT2D eigenvalue weighted by atomic mass is 35.5. The third-order valence-electron chi connectivity index (χ3n) is 3.51. The van der Waals surface area contributed by atoms with Gasteiger partial charge in [0.25, 0.3) is 5.69 Å². The van der Waals surface area contributed by atoms with Crippen LogP contribution >= 0.6 is 23.4 Å². The van der Waals surface area contributed by atoms with Gasteiger partial charge in [-0.2, -0.15) is 0 Å². The summed E-state index contributed by atoms with van der Waals surface area (Å²) >= 11 is 7.03. The number of fused-ring (bicyclic) bond motifs is 1. The van der Waals surface area contributed by atoms with Gasteiger partial charge >= 0.3 is 0 Å². The molecule has 0 amide bonds.